The van der Waals surface area contributed by atoms with Crippen molar-refractivity contribution in [1.29, 1.82) is 0 Å². The molecule has 2 aromatic heterocycles. The first-order valence-corrected chi connectivity index (χ1v) is 12.1. The summed E-state index contributed by atoms with van der Waals surface area (Å²) in [5.74, 6) is 2.95. The van der Waals surface area contributed by atoms with E-state index >= 15 is 0 Å². The van der Waals surface area contributed by atoms with Gasteiger partial charge in [-0.05, 0) is 37.6 Å². The summed E-state index contributed by atoms with van der Waals surface area (Å²) in [6.07, 6.45) is 0. The van der Waals surface area contributed by atoms with E-state index in [9.17, 15) is 0 Å². The van der Waals surface area contributed by atoms with Crippen LogP contribution in [0.5, 0.6) is 0 Å². The molecule has 0 fully saturated rings. The fraction of sp³-hybridized carbons (Fsp3) is 0.0968. The number of benzene rings is 4. The smallest absolute Gasteiger partial charge is 0.166 e. The number of hydrogen-bond donors (Lipinski definition) is 0. The van der Waals surface area contributed by atoms with Gasteiger partial charge in [-0.3, -0.25) is 4.57 Å². The molecule has 0 saturated carbocycles. The summed E-state index contributed by atoms with van der Waals surface area (Å²) in [5, 5.41) is 0. The lowest BCUT2D eigenvalue weighted by Gasteiger charge is -2.17. The third kappa shape index (κ3) is 3.02. The second-order valence-electron chi connectivity index (χ2n) is 9.62. The van der Waals surface area contributed by atoms with Crippen molar-refractivity contribution in [3.8, 4) is 39.9 Å². The van der Waals surface area contributed by atoms with Crippen molar-refractivity contribution < 1.29 is 0 Å². The van der Waals surface area contributed by atoms with Crippen LogP contribution in [0.4, 0.5) is 0 Å². The van der Waals surface area contributed by atoms with Gasteiger partial charge >= 0.3 is 0 Å². The molecule has 0 bridgehead atoms. The van der Waals surface area contributed by atoms with Crippen LogP contribution in [0.1, 0.15) is 25.2 Å². The standard InChI is InChI=1S/C31H23N5/c1-31(2)23-17-9-10-18-24(23)36-25-19-11-16-22(26(25)32-30(31)36)29-34-27(20-12-5-3-6-13-20)33-28(35-29)21-14-7-4-8-15-21/h3-19H,1-2H3. The van der Waals surface area contributed by atoms with E-state index < -0.39 is 0 Å². The Kier molecular flexibility index (Phi) is 4.42. The van der Waals surface area contributed by atoms with Gasteiger partial charge in [0.1, 0.15) is 11.3 Å². The third-order valence-corrected chi connectivity index (χ3v) is 7.00. The lowest BCUT2D eigenvalue weighted by Crippen LogP contribution is -2.16. The minimum absolute atomic E-state index is 0.198. The predicted molar refractivity (Wildman–Crippen MR) is 143 cm³/mol. The molecular formula is C31H23N5. The van der Waals surface area contributed by atoms with Gasteiger partial charge in [-0.2, -0.15) is 0 Å². The van der Waals surface area contributed by atoms with Crippen LogP contribution in [0.25, 0.3) is 50.9 Å². The number of aromatic nitrogens is 5. The first kappa shape index (κ1) is 20.7. The number of fused-ring (bicyclic) bond motifs is 5. The summed E-state index contributed by atoms with van der Waals surface area (Å²) in [6, 6.07) is 34.9. The highest BCUT2D eigenvalue weighted by Gasteiger charge is 2.39. The molecule has 0 atom stereocenters. The van der Waals surface area contributed by atoms with Gasteiger partial charge < -0.3 is 0 Å². The van der Waals surface area contributed by atoms with E-state index in [2.05, 4.69) is 60.9 Å². The average Bonchev–Trinajstić information content (AvgIpc) is 3.43. The molecule has 0 N–H and O–H groups in total. The van der Waals surface area contributed by atoms with Crippen LogP contribution in [0.3, 0.4) is 0 Å². The lowest BCUT2D eigenvalue weighted by molar-refractivity contribution is 0.621. The fourth-order valence-electron chi connectivity index (χ4n) is 5.19. The van der Waals surface area contributed by atoms with Crippen LogP contribution >= 0.6 is 0 Å². The highest BCUT2D eigenvalue weighted by molar-refractivity contribution is 5.93. The third-order valence-electron chi connectivity index (χ3n) is 7.00. The van der Waals surface area contributed by atoms with Crippen molar-refractivity contribution in [3.05, 3.63) is 115 Å². The average molecular weight is 466 g/mol. The van der Waals surface area contributed by atoms with Gasteiger partial charge in [0.2, 0.25) is 0 Å². The molecule has 0 saturated heterocycles. The van der Waals surface area contributed by atoms with Crippen molar-refractivity contribution in [2.24, 2.45) is 0 Å². The summed E-state index contributed by atoms with van der Waals surface area (Å²) in [7, 11) is 0. The molecule has 5 nitrogen and oxygen atoms in total. The zero-order valence-corrected chi connectivity index (χ0v) is 20.1. The van der Waals surface area contributed by atoms with Gasteiger partial charge in [0.05, 0.1) is 16.6 Å². The maximum Gasteiger partial charge on any atom is 0.166 e. The van der Waals surface area contributed by atoms with Crippen molar-refractivity contribution in [2.45, 2.75) is 19.3 Å². The molecule has 0 unspecified atom stereocenters. The molecule has 0 aliphatic carbocycles. The van der Waals surface area contributed by atoms with E-state index in [4.69, 9.17) is 19.9 Å². The summed E-state index contributed by atoms with van der Waals surface area (Å²) >= 11 is 0. The molecule has 1 aliphatic heterocycles. The minimum Gasteiger partial charge on any atom is -0.295 e. The maximum absolute atomic E-state index is 5.20. The normalized spacial score (nSPS) is 13.5. The first-order chi connectivity index (χ1) is 17.6. The number of rotatable bonds is 3. The topological polar surface area (TPSA) is 56.5 Å². The van der Waals surface area contributed by atoms with E-state index in [0.29, 0.717) is 17.5 Å². The van der Waals surface area contributed by atoms with E-state index in [1.165, 1.54) is 11.3 Å². The van der Waals surface area contributed by atoms with Crippen LogP contribution in [-0.2, 0) is 5.41 Å². The molecule has 7 rings (SSSR count). The highest BCUT2D eigenvalue weighted by Crippen LogP contribution is 2.45. The Balaban J connectivity index is 1.49. The highest BCUT2D eigenvalue weighted by atomic mass is 15.1. The summed E-state index contributed by atoms with van der Waals surface area (Å²) in [5.41, 5.74) is 7.04. The Labute approximate surface area is 209 Å². The Morgan fingerprint density at radius 3 is 1.81 bits per heavy atom. The summed E-state index contributed by atoms with van der Waals surface area (Å²) < 4.78 is 2.28. The lowest BCUT2D eigenvalue weighted by atomic mass is 9.86. The second kappa shape index (κ2) is 7.68. The van der Waals surface area contributed by atoms with Gasteiger partial charge in [0, 0.05) is 16.7 Å². The molecule has 4 aromatic carbocycles. The Morgan fingerprint density at radius 2 is 1.14 bits per heavy atom. The molecule has 6 aromatic rings. The number of para-hydroxylation sites is 2. The van der Waals surface area contributed by atoms with Crippen molar-refractivity contribution in [2.75, 3.05) is 0 Å². The number of imidazole rings is 1. The summed E-state index contributed by atoms with van der Waals surface area (Å²) in [4.78, 5) is 19.9. The largest absolute Gasteiger partial charge is 0.295 e. The van der Waals surface area contributed by atoms with Gasteiger partial charge in [0.25, 0.3) is 0 Å². The van der Waals surface area contributed by atoms with Crippen LogP contribution in [-0.4, -0.2) is 24.5 Å². The zero-order chi connectivity index (χ0) is 24.3. The zero-order valence-electron chi connectivity index (χ0n) is 20.1. The van der Waals surface area contributed by atoms with Crippen LogP contribution < -0.4 is 0 Å². The number of nitrogens with zero attached hydrogens (tertiary/aromatic N) is 5. The molecular weight excluding hydrogens is 442 g/mol. The Bertz CT molecular complexity index is 1690. The van der Waals surface area contributed by atoms with Crippen LogP contribution in [0, 0.1) is 0 Å². The van der Waals surface area contributed by atoms with Crippen molar-refractivity contribution >= 4 is 11.0 Å². The minimum atomic E-state index is -0.198. The number of hydrogen-bond acceptors (Lipinski definition) is 4. The molecule has 0 spiro atoms. The molecule has 5 heteroatoms. The van der Waals surface area contributed by atoms with Gasteiger partial charge in [-0.15, -0.1) is 0 Å². The molecule has 3 heterocycles. The van der Waals surface area contributed by atoms with Gasteiger partial charge in [-0.25, -0.2) is 19.9 Å². The Morgan fingerprint density at radius 1 is 0.556 bits per heavy atom. The van der Waals surface area contributed by atoms with Crippen LogP contribution in [0.2, 0.25) is 0 Å². The predicted octanol–water partition coefficient (Wildman–Crippen LogP) is 6.85. The van der Waals surface area contributed by atoms with Gasteiger partial charge in [-0.1, -0.05) is 84.9 Å². The van der Waals surface area contributed by atoms with E-state index in [-0.39, 0.29) is 5.41 Å². The van der Waals surface area contributed by atoms with E-state index in [1.807, 2.05) is 60.7 Å². The van der Waals surface area contributed by atoms with Gasteiger partial charge in [0.15, 0.2) is 17.5 Å². The van der Waals surface area contributed by atoms with Crippen molar-refractivity contribution in [3.63, 3.8) is 0 Å². The van der Waals surface area contributed by atoms with E-state index in [1.54, 1.807) is 0 Å². The molecule has 0 radical (unpaired) electrons. The molecule has 36 heavy (non-hydrogen) atoms. The maximum atomic E-state index is 5.20. The SMILES string of the molecule is CC1(C)c2ccccc2-n2c1nc1c(-c3nc(-c4ccccc4)nc(-c4ccccc4)n3)cccc12. The molecule has 1 aliphatic rings. The second-order valence-corrected chi connectivity index (χ2v) is 9.62. The fourth-order valence-corrected chi connectivity index (χ4v) is 5.19. The quantitative estimate of drug-likeness (QED) is 0.287. The van der Waals surface area contributed by atoms with E-state index in [0.717, 1.165) is 33.5 Å². The monoisotopic (exact) mass is 465 g/mol. The first-order valence-electron chi connectivity index (χ1n) is 12.1. The summed E-state index contributed by atoms with van der Waals surface area (Å²) in [6.45, 7) is 4.47. The molecule has 172 valence electrons. The van der Waals surface area contributed by atoms with Crippen LogP contribution in [0.15, 0.2) is 103 Å². The van der Waals surface area contributed by atoms with Crippen molar-refractivity contribution in [1.82, 2.24) is 24.5 Å². The molecule has 0 amide bonds. The Hall–Kier alpha value is -4.64.